The van der Waals surface area contributed by atoms with Gasteiger partial charge in [0.05, 0.1) is 30.5 Å². The van der Waals surface area contributed by atoms with Gasteiger partial charge in [0.15, 0.2) is 0 Å². The largest absolute Gasteiger partial charge is 0.496 e. The number of alkyl halides is 3. The van der Waals surface area contributed by atoms with Crippen molar-refractivity contribution in [3.63, 3.8) is 0 Å². The molecule has 30 heavy (non-hydrogen) atoms. The van der Waals surface area contributed by atoms with Crippen LogP contribution in [0.2, 0.25) is 5.02 Å². The van der Waals surface area contributed by atoms with E-state index in [1.165, 1.54) is 20.1 Å². The van der Waals surface area contributed by atoms with E-state index >= 15 is 0 Å². The first-order valence-corrected chi connectivity index (χ1v) is 9.08. The van der Waals surface area contributed by atoms with Gasteiger partial charge < -0.3 is 10.1 Å². The average Bonchev–Trinajstić information content (AvgIpc) is 2.67. The third-order valence-corrected chi connectivity index (χ3v) is 4.22. The summed E-state index contributed by atoms with van der Waals surface area (Å²) < 4.78 is 43.8. The first-order chi connectivity index (χ1) is 14.1. The van der Waals surface area contributed by atoms with Gasteiger partial charge in [-0.2, -0.15) is 18.3 Å². The van der Waals surface area contributed by atoms with E-state index in [2.05, 4.69) is 15.8 Å². The molecule has 0 bridgehead atoms. The molecule has 0 aliphatic rings. The summed E-state index contributed by atoms with van der Waals surface area (Å²) in [5, 5.41) is 5.73. The highest BCUT2D eigenvalue weighted by Gasteiger charge is 2.33. The number of nitrogens with zero attached hydrogens (tertiary/aromatic N) is 1. The van der Waals surface area contributed by atoms with Gasteiger partial charge in [-0.05, 0) is 31.2 Å². The number of hydrogen-bond acceptors (Lipinski definition) is 4. The molecule has 0 fully saturated rings. The maximum Gasteiger partial charge on any atom is 0.417 e. The van der Waals surface area contributed by atoms with Crippen molar-refractivity contribution >= 4 is 34.8 Å². The minimum absolute atomic E-state index is 0.0258. The number of hydrazone groups is 1. The van der Waals surface area contributed by atoms with Crippen LogP contribution < -0.4 is 15.5 Å². The second-order valence-electron chi connectivity index (χ2n) is 6.29. The van der Waals surface area contributed by atoms with Crippen molar-refractivity contribution in [3.05, 3.63) is 58.6 Å². The SMILES string of the molecule is COc1ccccc1CC(=O)NN=C(C)CC(=O)Nc1ccc(Cl)c(C(F)(F)F)c1. The zero-order chi connectivity index (χ0) is 22.3. The molecule has 0 saturated carbocycles. The van der Waals surface area contributed by atoms with Gasteiger partial charge in [-0.15, -0.1) is 0 Å². The van der Waals surface area contributed by atoms with Gasteiger partial charge in [-0.1, -0.05) is 29.8 Å². The number of hydrogen-bond donors (Lipinski definition) is 2. The number of methoxy groups -OCH3 is 1. The van der Waals surface area contributed by atoms with E-state index in [-0.39, 0.29) is 24.2 Å². The molecule has 2 aromatic carbocycles. The van der Waals surface area contributed by atoms with Gasteiger partial charge in [-0.25, -0.2) is 5.43 Å². The number of ether oxygens (including phenoxy) is 1. The average molecular weight is 442 g/mol. The maximum absolute atomic E-state index is 12.9. The summed E-state index contributed by atoms with van der Waals surface area (Å²) >= 11 is 5.55. The second kappa shape index (κ2) is 10.1. The molecule has 2 rings (SSSR count). The van der Waals surface area contributed by atoms with E-state index < -0.39 is 28.6 Å². The molecule has 0 aliphatic heterocycles. The van der Waals surface area contributed by atoms with E-state index in [4.69, 9.17) is 16.3 Å². The Morgan fingerprint density at radius 1 is 1.13 bits per heavy atom. The summed E-state index contributed by atoms with van der Waals surface area (Å²) in [6.07, 6.45) is -4.84. The third kappa shape index (κ3) is 6.77. The number of carbonyl (C=O) groups is 2. The fourth-order valence-electron chi connectivity index (χ4n) is 2.52. The van der Waals surface area contributed by atoms with E-state index in [1.807, 2.05) is 0 Å². The molecule has 160 valence electrons. The Morgan fingerprint density at radius 3 is 2.50 bits per heavy atom. The van der Waals surface area contributed by atoms with Crippen LogP contribution in [0.5, 0.6) is 5.75 Å². The zero-order valence-corrected chi connectivity index (χ0v) is 16.9. The number of benzene rings is 2. The van der Waals surface area contributed by atoms with Crippen LogP contribution in [-0.4, -0.2) is 24.6 Å². The number of nitrogens with one attached hydrogen (secondary N) is 2. The van der Waals surface area contributed by atoms with Crippen LogP contribution in [0, 0.1) is 0 Å². The molecule has 0 radical (unpaired) electrons. The highest BCUT2D eigenvalue weighted by molar-refractivity contribution is 6.31. The molecule has 2 N–H and O–H groups in total. The van der Waals surface area contributed by atoms with Gasteiger partial charge in [0.1, 0.15) is 5.75 Å². The standard InChI is InChI=1S/C20H19ClF3N3O3/c1-12(26-27-19(29)10-13-5-3-4-6-17(13)30-2)9-18(28)25-14-7-8-16(21)15(11-14)20(22,23)24/h3-8,11H,9-10H2,1-2H3,(H,25,28)(H,27,29). The van der Waals surface area contributed by atoms with Crippen LogP contribution in [0.4, 0.5) is 18.9 Å². The Kier molecular flexibility index (Phi) is 7.82. The molecule has 0 heterocycles. The molecule has 2 amide bonds. The van der Waals surface area contributed by atoms with Crippen molar-refractivity contribution in [2.24, 2.45) is 5.10 Å². The summed E-state index contributed by atoms with van der Waals surface area (Å²) in [7, 11) is 1.50. The lowest BCUT2D eigenvalue weighted by atomic mass is 10.1. The van der Waals surface area contributed by atoms with E-state index in [1.54, 1.807) is 24.3 Å². The third-order valence-electron chi connectivity index (χ3n) is 3.89. The molecule has 0 atom stereocenters. The van der Waals surface area contributed by atoms with Gasteiger partial charge in [0.25, 0.3) is 0 Å². The Labute approximate surface area is 176 Å². The fraction of sp³-hybridized carbons (Fsp3) is 0.250. The van der Waals surface area contributed by atoms with E-state index in [0.29, 0.717) is 11.3 Å². The summed E-state index contributed by atoms with van der Waals surface area (Å²) in [5.74, 6) is -0.439. The zero-order valence-electron chi connectivity index (χ0n) is 16.1. The number of amides is 2. The van der Waals surface area contributed by atoms with Crippen molar-refractivity contribution in [3.8, 4) is 5.75 Å². The van der Waals surface area contributed by atoms with Crippen molar-refractivity contribution in [1.82, 2.24) is 5.43 Å². The smallest absolute Gasteiger partial charge is 0.417 e. The minimum atomic E-state index is -4.64. The minimum Gasteiger partial charge on any atom is -0.496 e. The molecular formula is C20H19ClF3N3O3. The van der Waals surface area contributed by atoms with Gasteiger partial charge in [0, 0.05) is 17.0 Å². The second-order valence-corrected chi connectivity index (χ2v) is 6.70. The first kappa shape index (κ1) is 23.2. The molecule has 10 heteroatoms. The lowest BCUT2D eigenvalue weighted by molar-refractivity contribution is -0.137. The van der Waals surface area contributed by atoms with Crippen molar-refractivity contribution < 1.29 is 27.5 Å². The van der Waals surface area contributed by atoms with Crippen LogP contribution in [0.25, 0.3) is 0 Å². The number of carbonyl (C=O) groups excluding carboxylic acids is 2. The lowest BCUT2D eigenvalue weighted by Gasteiger charge is -2.12. The summed E-state index contributed by atoms with van der Waals surface area (Å²) in [6.45, 7) is 1.51. The number of para-hydroxylation sites is 1. The van der Waals surface area contributed by atoms with Crippen LogP contribution >= 0.6 is 11.6 Å². The molecule has 0 aliphatic carbocycles. The predicted octanol–water partition coefficient (Wildman–Crippen LogP) is 4.43. The first-order valence-electron chi connectivity index (χ1n) is 8.70. The highest BCUT2D eigenvalue weighted by atomic mass is 35.5. The maximum atomic E-state index is 12.9. The highest BCUT2D eigenvalue weighted by Crippen LogP contribution is 2.36. The number of rotatable bonds is 7. The number of halogens is 4. The Morgan fingerprint density at radius 2 is 1.83 bits per heavy atom. The van der Waals surface area contributed by atoms with Crippen LogP contribution in [-0.2, 0) is 22.2 Å². The van der Waals surface area contributed by atoms with Crippen LogP contribution in [0.1, 0.15) is 24.5 Å². The van der Waals surface area contributed by atoms with Crippen molar-refractivity contribution in [2.75, 3.05) is 12.4 Å². The summed E-state index contributed by atoms with van der Waals surface area (Å²) in [6, 6.07) is 10.1. The topological polar surface area (TPSA) is 79.8 Å². The fourth-order valence-corrected chi connectivity index (χ4v) is 2.74. The molecule has 0 spiro atoms. The van der Waals surface area contributed by atoms with Crippen LogP contribution in [0.3, 0.4) is 0 Å². The Hall–Kier alpha value is -3.07. The lowest BCUT2D eigenvalue weighted by Crippen LogP contribution is -2.23. The number of anilines is 1. The molecule has 0 aromatic heterocycles. The molecule has 0 unspecified atom stereocenters. The van der Waals surface area contributed by atoms with Crippen molar-refractivity contribution in [2.45, 2.75) is 25.9 Å². The van der Waals surface area contributed by atoms with Crippen molar-refractivity contribution in [1.29, 1.82) is 0 Å². The van der Waals surface area contributed by atoms with Gasteiger partial charge in [0.2, 0.25) is 11.8 Å². The van der Waals surface area contributed by atoms with Gasteiger partial charge in [-0.3, -0.25) is 9.59 Å². The molecular weight excluding hydrogens is 423 g/mol. The summed E-state index contributed by atoms with van der Waals surface area (Å²) in [5.41, 5.74) is 2.18. The monoisotopic (exact) mass is 441 g/mol. The predicted molar refractivity (Wildman–Crippen MR) is 108 cm³/mol. The molecule has 0 saturated heterocycles. The van der Waals surface area contributed by atoms with E-state index in [9.17, 15) is 22.8 Å². The van der Waals surface area contributed by atoms with Gasteiger partial charge >= 0.3 is 6.18 Å². The van der Waals surface area contributed by atoms with E-state index in [0.717, 1.165) is 12.1 Å². The molecule has 2 aromatic rings. The Balaban J connectivity index is 1.92. The molecule has 6 nitrogen and oxygen atoms in total. The quantitative estimate of drug-likeness (QED) is 0.492. The summed E-state index contributed by atoms with van der Waals surface area (Å²) in [4.78, 5) is 24.1. The normalized spacial score (nSPS) is 11.7. The van der Waals surface area contributed by atoms with Crippen LogP contribution in [0.15, 0.2) is 47.6 Å². The Bertz CT molecular complexity index is 962.